The molecule has 1 N–H and O–H groups in total. The predicted molar refractivity (Wildman–Crippen MR) is 72.2 cm³/mol. The van der Waals surface area contributed by atoms with Crippen molar-refractivity contribution in [3.63, 3.8) is 0 Å². The van der Waals surface area contributed by atoms with Crippen LogP contribution in [0.2, 0.25) is 0 Å². The standard InChI is InChI=1S/C14H15F3N4O/c15-14(16,17)12-5-9-21(19-12)10-3-7-20(8-4-10)13(22)11-2-1-6-18-11/h1-2,5-6,9-10,18H,3-4,7-8H2. The molecule has 22 heavy (non-hydrogen) atoms. The summed E-state index contributed by atoms with van der Waals surface area (Å²) in [6.07, 6.45) is -0.204. The van der Waals surface area contributed by atoms with Gasteiger partial charge in [-0.1, -0.05) is 0 Å². The molecule has 5 nitrogen and oxygen atoms in total. The number of amides is 1. The lowest BCUT2D eigenvalue weighted by molar-refractivity contribution is -0.141. The molecule has 8 heteroatoms. The number of carbonyl (C=O) groups is 1. The molecule has 0 atom stereocenters. The lowest BCUT2D eigenvalue weighted by Gasteiger charge is -2.31. The number of rotatable bonds is 2. The molecule has 0 bridgehead atoms. The van der Waals surface area contributed by atoms with E-state index in [2.05, 4.69) is 10.1 Å². The number of aromatic amines is 1. The van der Waals surface area contributed by atoms with Crippen molar-refractivity contribution in [1.29, 1.82) is 0 Å². The predicted octanol–water partition coefficient (Wildman–Crippen LogP) is 2.71. The van der Waals surface area contributed by atoms with E-state index in [1.807, 2.05) is 0 Å². The molecule has 0 saturated carbocycles. The molecule has 0 aliphatic carbocycles. The van der Waals surface area contributed by atoms with E-state index < -0.39 is 11.9 Å². The highest BCUT2D eigenvalue weighted by atomic mass is 19.4. The van der Waals surface area contributed by atoms with Gasteiger partial charge in [0.2, 0.25) is 0 Å². The Kier molecular flexibility index (Phi) is 3.67. The third-order valence-corrected chi connectivity index (χ3v) is 3.85. The lowest BCUT2D eigenvalue weighted by atomic mass is 10.1. The van der Waals surface area contributed by atoms with Gasteiger partial charge in [-0.25, -0.2) is 0 Å². The van der Waals surface area contributed by atoms with Crippen molar-refractivity contribution in [2.75, 3.05) is 13.1 Å². The Labute approximate surface area is 124 Å². The fourth-order valence-corrected chi connectivity index (χ4v) is 2.66. The molecule has 1 fully saturated rings. The van der Waals surface area contributed by atoms with E-state index in [-0.39, 0.29) is 11.9 Å². The van der Waals surface area contributed by atoms with Crippen molar-refractivity contribution in [2.24, 2.45) is 0 Å². The van der Waals surface area contributed by atoms with Crippen molar-refractivity contribution in [3.8, 4) is 0 Å². The zero-order chi connectivity index (χ0) is 15.7. The van der Waals surface area contributed by atoms with Crippen LogP contribution in [-0.4, -0.2) is 38.7 Å². The van der Waals surface area contributed by atoms with E-state index in [4.69, 9.17) is 0 Å². The topological polar surface area (TPSA) is 53.9 Å². The van der Waals surface area contributed by atoms with Gasteiger partial charge < -0.3 is 9.88 Å². The number of hydrogen-bond donors (Lipinski definition) is 1. The first-order valence-electron chi connectivity index (χ1n) is 7.00. The molecule has 1 aliphatic rings. The maximum atomic E-state index is 12.6. The maximum Gasteiger partial charge on any atom is 0.435 e. The Morgan fingerprint density at radius 3 is 2.55 bits per heavy atom. The van der Waals surface area contributed by atoms with Gasteiger partial charge in [-0.3, -0.25) is 9.48 Å². The van der Waals surface area contributed by atoms with Crippen LogP contribution in [0.15, 0.2) is 30.6 Å². The molecule has 3 rings (SSSR count). The molecule has 3 heterocycles. The zero-order valence-electron chi connectivity index (χ0n) is 11.7. The lowest BCUT2D eigenvalue weighted by Crippen LogP contribution is -2.39. The second-order valence-electron chi connectivity index (χ2n) is 5.29. The zero-order valence-corrected chi connectivity index (χ0v) is 11.7. The van der Waals surface area contributed by atoms with E-state index in [0.29, 0.717) is 31.6 Å². The van der Waals surface area contributed by atoms with Crippen molar-refractivity contribution < 1.29 is 18.0 Å². The van der Waals surface area contributed by atoms with Crippen molar-refractivity contribution in [3.05, 3.63) is 42.0 Å². The van der Waals surface area contributed by atoms with Gasteiger partial charge in [0.15, 0.2) is 5.69 Å². The largest absolute Gasteiger partial charge is 0.435 e. The number of carbonyl (C=O) groups excluding carboxylic acids is 1. The normalized spacial score (nSPS) is 17.0. The molecule has 1 amide bonds. The Balaban J connectivity index is 1.62. The Hall–Kier alpha value is -2.25. The number of nitrogens with one attached hydrogen (secondary N) is 1. The van der Waals surface area contributed by atoms with Crippen LogP contribution >= 0.6 is 0 Å². The van der Waals surface area contributed by atoms with Gasteiger partial charge in [-0.15, -0.1) is 0 Å². The van der Waals surface area contributed by atoms with Crippen molar-refractivity contribution in [2.45, 2.75) is 25.1 Å². The third kappa shape index (κ3) is 2.86. The van der Waals surface area contributed by atoms with Gasteiger partial charge in [0.05, 0.1) is 6.04 Å². The number of hydrogen-bond acceptors (Lipinski definition) is 2. The van der Waals surface area contributed by atoms with Crippen LogP contribution in [0.25, 0.3) is 0 Å². The minimum Gasteiger partial charge on any atom is -0.357 e. The summed E-state index contributed by atoms with van der Waals surface area (Å²) in [5, 5.41) is 3.61. The molecule has 0 radical (unpaired) electrons. The van der Waals surface area contributed by atoms with E-state index in [9.17, 15) is 18.0 Å². The van der Waals surface area contributed by atoms with Crippen LogP contribution in [0, 0.1) is 0 Å². The van der Waals surface area contributed by atoms with Crippen LogP contribution in [0.4, 0.5) is 13.2 Å². The quantitative estimate of drug-likeness (QED) is 0.927. The number of aromatic nitrogens is 3. The van der Waals surface area contributed by atoms with Gasteiger partial charge in [-0.2, -0.15) is 18.3 Å². The Morgan fingerprint density at radius 2 is 2.00 bits per heavy atom. The number of halogens is 3. The van der Waals surface area contributed by atoms with Gasteiger partial charge in [-0.05, 0) is 31.0 Å². The minimum atomic E-state index is -4.42. The molecule has 2 aromatic rings. The first kappa shape index (κ1) is 14.7. The molecular formula is C14H15F3N4O. The number of nitrogens with zero attached hydrogens (tertiary/aromatic N) is 3. The highest BCUT2D eigenvalue weighted by Gasteiger charge is 2.34. The second-order valence-corrected chi connectivity index (χ2v) is 5.29. The third-order valence-electron chi connectivity index (χ3n) is 3.85. The van der Waals surface area contributed by atoms with Crippen LogP contribution in [0.3, 0.4) is 0 Å². The molecule has 1 saturated heterocycles. The van der Waals surface area contributed by atoms with Crippen molar-refractivity contribution >= 4 is 5.91 Å². The molecular weight excluding hydrogens is 297 g/mol. The van der Waals surface area contributed by atoms with E-state index in [1.165, 1.54) is 10.9 Å². The Morgan fingerprint density at radius 1 is 1.27 bits per heavy atom. The monoisotopic (exact) mass is 312 g/mol. The molecule has 2 aromatic heterocycles. The fraction of sp³-hybridized carbons (Fsp3) is 0.429. The molecule has 118 valence electrons. The summed E-state index contributed by atoms with van der Waals surface area (Å²) in [7, 11) is 0. The van der Waals surface area contributed by atoms with E-state index in [0.717, 1.165) is 6.07 Å². The highest BCUT2D eigenvalue weighted by Crippen LogP contribution is 2.29. The average molecular weight is 312 g/mol. The van der Waals surface area contributed by atoms with Gasteiger partial charge in [0.25, 0.3) is 5.91 Å². The van der Waals surface area contributed by atoms with Crippen LogP contribution < -0.4 is 0 Å². The SMILES string of the molecule is O=C(c1ccc[nH]1)N1CCC(n2ccc(C(F)(F)F)n2)CC1. The average Bonchev–Trinajstić information content (AvgIpc) is 3.17. The summed E-state index contributed by atoms with van der Waals surface area (Å²) < 4.78 is 39.0. The summed E-state index contributed by atoms with van der Waals surface area (Å²) in [5.41, 5.74) is -0.353. The first-order chi connectivity index (χ1) is 10.4. The summed E-state index contributed by atoms with van der Waals surface area (Å²) in [5.74, 6) is -0.0834. The van der Waals surface area contributed by atoms with Crippen molar-refractivity contribution in [1.82, 2.24) is 19.7 Å². The number of H-pyrrole nitrogens is 1. The Bertz CT molecular complexity index is 639. The molecule has 0 unspecified atom stereocenters. The second kappa shape index (κ2) is 5.51. The summed E-state index contributed by atoms with van der Waals surface area (Å²) in [4.78, 5) is 16.7. The summed E-state index contributed by atoms with van der Waals surface area (Å²) in [6.45, 7) is 1.01. The number of likely N-dealkylation sites (tertiary alicyclic amines) is 1. The number of alkyl halides is 3. The van der Waals surface area contributed by atoms with Gasteiger partial charge >= 0.3 is 6.18 Å². The van der Waals surface area contributed by atoms with E-state index in [1.54, 1.807) is 23.2 Å². The summed E-state index contributed by atoms with van der Waals surface area (Å²) in [6, 6.07) is 4.33. The van der Waals surface area contributed by atoms with Gasteiger partial charge in [0.1, 0.15) is 5.69 Å². The van der Waals surface area contributed by atoms with Crippen LogP contribution in [0.5, 0.6) is 0 Å². The van der Waals surface area contributed by atoms with Crippen LogP contribution in [-0.2, 0) is 6.18 Å². The highest BCUT2D eigenvalue weighted by molar-refractivity contribution is 5.92. The smallest absolute Gasteiger partial charge is 0.357 e. The number of piperidine rings is 1. The fourth-order valence-electron chi connectivity index (χ4n) is 2.66. The maximum absolute atomic E-state index is 12.6. The molecule has 0 spiro atoms. The summed E-state index contributed by atoms with van der Waals surface area (Å²) >= 11 is 0. The molecule has 0 aromatic carbocycles. The molecule has 1 aliphatic heterocycles. The van der Waals surface area contributed by atoms with Crippen LogP contribution in [0.1, 0.15) is 35.1 Å². The van der Waals surface area contributed by atoms with Gasteiger partial charge in [0, 0.05) is 25.5 Å². The van der Waals surface area contributed by atoms with E-state index >= 15 is 0 Å². The minimum absolute atomic E-state index is 0.0834. The first-order valence-corrected chi connectivity index (χ1v) is 7.00.